The van der Waals surface area contributed by atoms with Crippen LogP contribution in [-0.4, -0.2) is 38.4 Å². The molecule has 1 saturated carbocycles. The van der Waals surface area contributed by atoms with Crippen molar-refractivity contribution in [3.63, 3.8) is 0 Å². The molecule has 1 aromatic rings. The van der Waals surface area contributed by atoms with Crippen LogP contribution in [-0.2, 0) is 14.2 Å². The Balaban J connectivity index is 1.61. The number of hydrogen-bond acceptors (Lipinski definition) is 3. The van der Waals surface area contributed by atoms with Gasteiger partial charge in [0.15, 0.2) is 6.29 Å². The molecule has 116 valence electrons. The monoisotopic (exact) mass is 308 g/mol. The Kier molecular flexibility index (Phi) is 5.65. The topological polar surface area (TPSA) is 27.7 Å². The molecule has 1 aliphatic carbocycles. The Morgan fingerprint density at radius 3 is 2.86 bits per heavy atom. The number of benzene rings is 1. The lowest BCUT2D eigenvalue weighted by Gasteiger charge is -2.35. The Labute approximate surface area is 129 Å². The van der Waals surface area contributed by atoms with Gasteiger partial charge in [-0.2, -0.15) is 0 Å². The second-order valence-corrected chi connectivity index (χ2v) is 7.56. The van der Waals surface area contributed by atoms with Gasteiger partial charge in [0.1, 0.15) is 0 Å². The molecule has 0 spiro atoms. The van der Waals surface area contributed by atoms with E-state index in [-0.39, 0.29) is 12.4 Å². The van der Waals surface area contributed by atoms with Gasteiger partial charge in [-0.3, -0.25) is 0 Å². The van der Waals surface area contributed by atoms with Crippen LogP contribution in [0.15, 0.2) is 30.3 Å². The first-order valence-electron chi connectivity index (χ1n) is 7.94. The van der Waals surface area contributed by atoms with Crippen LogP contribution in [0.5, 0.6) is 0 Å². The molecule has 2 aliphatic rings. The highest BCUT2D eigenvalue weighted by Crippen LogP contribution is 2.42. The van der Waals surface area contributed by atoms with Crippen molar-refractivity contribution in [1.82, 2.24) is 0 Å². The molecule has 3 rings (SSSR count). The van der Waals surface area contributed by atoms with Gasteiger partial charge in [-0.1, -0.05) is 45.3 Å². The average molecular weight is 308 g/mol. The molecule has 1 aliphatic heterocycles. The van der Waals surface area contributed by atoms with E-state index in [4.69, 9.17) is 14.2 Å². The van der Waals surface area contributed by atoms with Gasteiger partial charge in [0.05, 0.1) is 19.3 Å². The smallest absolute Gasteiger partial charge is 0.161 e. The predicted molar refractivity (Wildman–Crippen MR) is 86.6 cm³/mol. The van der Waals surface area contributed by atoms with Crippen molar-refractivity contribution in [2.45, 2.75) is 43.7 Å². The normalized spacial score (nSPS) is 33.8. The highest BCUT2D eigenvalue weighted by molar-refractivity contribution is 7.48. The van der Waals surface area contributed by atoms with Crippen LogP contribution in [0.3, 0.4) is 0 Å². The summed E-state index contributed by atoms with van der Waals surface area (Å²) in [5, 5.41) is 1.46. The molecule has 1 heterocycles. The molecule has 2 fully saturated rings. The average Bonchev–Trinajstić information content (AvgIpc) is 2.97. The fraction of sp³-hybridized carbons (Fsp3) is 0.647. The van der Waals surface area contributed by atoms with Gasteiger partial charge >= 0.3 is 0 Å². The van der Waals surface area contributed by atoms with Crippen LogP contribution in [0.1, 0.15) is 25.7 Å². The third kappa shape index (κ3) is 4.04. The third-order valence-electron chi connectivity index (χ3n) is 4.45. The molecule has 4 unspecified atom stereocenters. The van der Waals surface area contributed by atoms with E-state index in [0.29, 0.717) is 18.2 Å². The van der Waals surface area contributed by atoms with Gasteiger partial charge in [0, 0.05) is 13.0 Å². The summed E-state index contributed by atoms with van der Waals surface area (Å²) >= 11 is 0. The molecule has 1 saturated heterocycles. The SMILES string of the molecule is COC[C@@H]1CCOC(C2CCCC2Pc2ccccc2)O1. The number of rotatable bonds is 5. The van der Waals surface area contributed by atoms with Crippen LogP contribution in [0.25, 0.3) is 0 Å². The molecule has 0 N–H and O–H groups in total. The first-order valence-corrected chi connectivity index (χ1v) is 9.02. The summed E-state index contributed by atoms with van der Waals surface area (Å²) in [7, 11) is 2.60. The minimum atomic E-state index is -0.0254. The second kappa shape index (κ2) is 7.69. The maximum Gasteiger partial charge on any atom is 0.161 e. The van der Waals surface area contributed by atoms with Crippen molar-refractivity contribution < 1.29 is 14.2 Å². The van der Waals surface area contributed by atoms with Crippen molar-refractivity contribution >= 4 is 13.9 Å². The molecule has 21 heavy (non-hydrogen) atoms. The number of methoxy groups -OCH3 is 1. The minimum Gasteiger partial charge on any atom is -0.382 e. The number of ether oxygens (including phenoxy) is 3. The molecular formula is C17H25O3P. The highest BCUT2D eigenvalue weighted by Gasteiger charge is 2.38. The zero-order valence-electron chi connectivity index (χ0n) is 12.7. The first-order chi connectivity index (χ1) is 10.4. The lowest BCUT2D eigenvalue weighted by molar-refractivity contribution is -0.241. The second-order valence-electron chi connectivity index (χ2n) is 5.95. The maximum absolute atomic E-state index is 6.14. The van der Waals surface area contributed by atoms with E-state index in [9.17, 15) is 0 Å². The van der Waals surface area contributed by atoms with Crippen molar-refractivity contribution in [2.24, 2.45) is 5.92 Å². The minimum absolute atomic E-state index is 0.0254. The summed E-state index contributed by atoms with van der Waals surface area (Å²) in [6, 6.07) is 10.8. The third-order valence-corrected chi connectivity index (χ3v) is 6.20. The summed E-state index contributed by atoms with van der Waals surface area (Å²) in [4.78, 5) is 0. The quantitative estimate of drug-likeness (QED) is 0.783. The lowest BCUT2D eigenvalue weighted by atomic mass is 10.1. The Bertz CT molecular complexity index is 423. The molecule has 0 radical (unpaired) electrons. The molecule has 4 heteroatoms. The van der Waals surface area contributed by atoms with Crippen LogP contribution in [0.2, 0.25) is 0 Å². The van der Waals surface area contributed by atoms with Crippen LogP contribution >= 0.6 is 8.58 Å². The van der Waals surface area contributed by atoms with Gasteiger partial charge in [0.25, 0.3) is 0 Å². The first kappa shape index (κ1) is 15.4. The van der Waals surface area contributed by atoms with Crippen molar-refractivity contribution in [2.75, 3.05) is 20.3 Å². The van der Waals surface area contributed by atoms with E-state index < -0.39 is 0 Å². The van der Waals surface area contributed by atoms with E-state index in [2.05, 4.69) is 30.3 Å². The van der Waals surface area contributed by atoms with Gasteiger partial charge in [-0.25, -0.2) is 0 Å². The van der Waals surface area contributed by atoms with E-state index in [0.717, 1.165) is 21.6 Å². The summed E-state index contributed by atoms with van der Waals surface area (Å²) in [6.07, 6.45) is 4.96. The molecule has 0 amide bonds. The highest BCUT2D eigenvalue weighted by atomic mass is 31.1. The molecule has 0 aromatic heterocycles. The molecule has 5 atom stereocenters. The van der Waals surface area contributed by atoms with E-state index in [1.54, 1.807) is 7.11 Å². The van der Waals surface area contributed by atoms with E-state index >= 15 is 0 Å². The van der Waals surface area contributed by atoms with Crippen LogP contribution in [0, 0.1) is 5.92 Å². The van der Waals surface area contributed by atoms with E-state index in [1.807, 2.05) is 0 Å². The Hall–Kier alpha value is -0.470. The van der Waals surface area contributed by atoms with Crippen molar-refractivity contribution in [1.29, 1.82) is 0 Å². The van der Waals surface area contributed by atoms with Crippen LogP contribution < -0.4 is 5.30 Å². The van der Waals surface area contributed by atoms with Gasteiger partial charge in [-0.15, -0.1) is 0 Å². The fourth-order valence-electron chi connectivity index (χ4n) is 3.39. The summed E-state index contributed by atoms with van der Waals surface area (Å²) in [5.74, 6) is 0.545. The summed E-state index contributed by atoms with van der Waals surface area (Å²) in [5.41, 5.74) is 0.707. The van der Waals surface area contributed by atoms with Crippen molar-refractivity contribution in [3.8, 4) is 0 Å². The maximum atomic E-state index is 6.14. The molecular weight excluding hydrogens is 283 g/mol. The zero-order valence-corrected chi connectivity index (χ0v) is 13.7. The van der Waals surface area contributed by atoms with Gasteiger partial charge < -0.3 is 14.2 Å². The Morgan fingerprint density at radius 1 is 1.19 bits per heavy atom. The van der Waals surface area contributed by atoms with Crippen LogP contribution in [0.4, 0.5) is 0 Å². The Morgan fingerprint density at radius 2 is 2.05 bits per heavy atom. The molecule has 1 aromatic carbocycles. The standard InChI is InChI=1S/C17H25O3P/c1-18-12-13-10-11-19-17(20-13)15-8-5-9-16(15)21-14-6-3-2-4-7-14/h2-4,6-7,13,15-17,21H,5,8-12H2,1H3/t13-,15?,16?,17?/m0/s1. The van der Waals surface area contributed by atoms with E-state index in [1.165, 1.54) is 24.6 Å². The molecule has 0 bridgehead atoms. The summed E-state index contributed by atoms with van der Waals surface area (Å²) in [6.45, 7) is 1.48. The molecule has 3 nitrogen and oxygen atoms in total. The van der Waals surface area contributed by atoms with Crippen molar-refractivity contribution in [3.05, 3.63) is 30.3 Å². The fourth-order valence-corrected chi connectivity index (χ4v) is 5.09. The van der Waals surface area contributed by atoms with Gasteiger partial charge in [-0.05, 0) is 30.2 Å². The zero-order chi connectivity index (χ0) is 14.5. The largest absolute Gasteiger partial charge is 0.382 e. The summed E-state index contributed by atoms with van der Waals surface area (Å²) < 4.78 is 17.3. The van der Waals surface area contributed by atoms with Gasteiger partial charge in [0.2, 0.25) is 0 Å². The number of hydrogen-bond donors (Lipinski definition) is 0. The lowest BCUT2D eigenvalue weighted by Crippen LogP contribution is -2.41. The predicted octanol–water partition coefficient (Wildman–Crippen LogP) is 2.94.